The zero-order chi connectivity index (χ0) is 17.8. The summed E-state index contributed by atoms with van der Waals surface area (Å²) in [7, 11) is 1.70. The number of methoxy groups -OCH3 is 1. The maximum atomic E-state index is 5.80. The number of ether oxygens (including phenoxy) is 3. The Morgan fingerprint density at radius 2 is 2.08 bits per heavy atom. The Morgan fingerprint density at radius 3 is 2.88 bits per heavy atom. The maximum absolute atomic E-state index is 5.80. The molecule has 1 aromatic heterocycles. The number of hydrogen-bond acceptors (Lipinski definition) is 5. The second kappa shape index (κ2) is 8.10. The summed E-state index contributed by atoms with van der Waals surface area (Å²) >= 11 is 3.59. The standard InChI is InChI=1S/C18H24BrN3O3/c1-12-17(13(2)22(21-12)5-8-23-3)20-11-14-9-15(19)18-16(10-14)24-6-4-7-25-18/h9-10,20H,4-8,11H2,1-3H3. The lowest BCUT2D eigenvalue weighted by Gasteiger charge is -2.13. The third-order valence-electron chi connectivity index (χ3n) is 4.22. The molecule has 0 unspecified atom stereocenters. The van der Waals surface area contributed by atoms with Gasteiger partial charge in [-0.05, 0) is 47.5 Å². The van der Waals surface area contributed by atoms with Gasteiger partial charge in [0.15, 0.2) is 11.5 Å². The average molecular weight is 410 g/mol. The summed E-state index contributed by atoms with van der Waals surface area (Å²) in [6.07, 6.45) is 0.897. The van der Waals surface area contributed by atoms with Crippen molar-refractivity contribution >= 4 is 21.6 Å². The monoisotopic (exact) mass is 409 g/mol. The minimum Gasteiger partial charge on any atom is -0.490 e. The number of aryl methyl sites for hydroxylation is 1. The molecule has 0 saturated carbocycles. The van der Waals surface area contributed by atoms with E-state index in [1.165, 1.54) is 0 Å². The summed E-state index contributed by atoms with van der Waals surface area (Å²) in [5.74, 6) is 1.59. The summed E-state index contributed by atoms with van der Waals surface area (Å²) in [5.41, 5.74) is 4.30. The topological polar surface area (TPSA) is 57.5 Å². The first-order valence-electron chi connectivity index (χ1n) is 8.45. The van der Waals surface area contributed by atoms with Gasteiger partial charge in [0, 0.05) is 20.1 Å². The fourth-order valence-corrected chi connectivity index (χ4v) is 3.53. The van der Waals surface area contributed by atoms with E-state index in [1.807, 2.05) is 17.7 Å². The lowest BCUT2D eigenvalue weighted by Crippen LogP contribution is -2.08. The fourth-order valence-electron chi connectivity index (χ4n) is 2.92. The van der Waals surface area contributed by atoms with Gasteiger partial charge in [-0.3, -0.25) is 4.68 Å². The van der Waals surface area contributed by atoms with Gasteiger partial charge in [0.2, 0.25) is 0 Å². The number of aromatic nitrogens is 2. The van der Waals surface area contributed by atoms with E-state index in [4.69, 9.17) is 14.2 Å². The van der Waals surface area contributed by atoms with Gasteiger partial charge in [0.25, 0.3) is 0 Å². The number of hydrogen-bond donors (Lipinski definition) is 1. The summed E-state index contributed by atoms with van der Waals surface area (Å²) in [6.45, 7) is 7.54. The largest absolute Gasteiger partial charge is 0.490 e. The highest BCUT2D eigenvalue weighted by atomic mass is 79.9. The van der Waals surface area contributed by atoms with E-state index in [-0.39, 0.29) is 0 Å². The Hall–Kier alpha value is -1.73. The minimum atomic E-state index is 0.649. The van der Waals surface area contributed by atoms with Crippen LogP contribution in [-0.4, -0.2) is 36.7 Å². The molecule has 0 bridgehead atoms. The first-order chi connectivity index (χ1) is 12.1. The second-order valence-electron chi connectivity index (χ2n) is 6.07. The molecule has 6 nitrogen and oxygen atoms in total. The smallest absolute Gasteiger partial charge is 0.175 e. The summed E-state index contributed by atoms with van der Waals surface area (Å²) in [4.78, 5) is 0. The molecule has 0 aliphatic carbocycles. The molecule has 1 N–H and O–H groups in total. The van der Waals surface area contributed by atoms with E-state index in [9.17, 15) is 0 Å². The molecule has 0 radical (unpaired) electrons. The van der Waals surface area contributed by atoms with E-state index in [0.717, 1.165) is 51.6 Å². The quantitative estimate of drug-likeness (QED) is 0.788. The van der Waals surface area contributed by atoms with Gasteiger partial charge in [-0.1, -0.05) is 0 Å². The normalized spacial score (nSPS) is 13.6. The van der Waals surface area contributed by atoms with Crippen LogP contribution in [0.1, 0.15) is 23.4 Å². The summed E-state index contributed by atoms with van der Waals surface area (Å²) < 4.78 is 19.6. The van der Waals surface area contributed by atoms with Gasteiger partial charge in [0.05, 0.1) is 47.9 Å². The highest BCUT2D eigenvalue weighted by Gasteiger charge is 2.16. The van der Waals surface area contributed by atoms with Crippen LogP contribution in [0, 0.1) is 13.8 Å². The zero-order valence-electron chi connectivity index (χ0n) is 14.9. The first-order valence-corrected chi connectivity index (χ1v) is 9.24. The molecule has 1 aliphatic rings. The number of nitrogens with zero attached hydrogens (tertiary/aromatic N) is 2. The number of nitrogens with one attached hydrogen (secondary N) is 1. The van der Waals surface area contributed by atoms with Crippen LogP contribution in [-0.2, 0) is 17.8 Å². The molecule has 2 aromatic rings. The Balaban J connectivity index is 1.75. The van der Waals surface area contributed by atoms with E-state index in [0.29, 0.717) is 26.4 Å². The van der Waals surface area contributed by atoms with Crippen LogP contribution in [0.3, 0.4) is 0 Å². The zero-order valence-corrected chi connectivity index (χ0v) is 16.5. The number of rotatable bonds is 6. The lowest BCUT2D eigenvalue weighted by molar-refractivity contribution is 0.182. The first kappa shape index (κ1) is 18.1. The Morgan fingerprint density at radius 1 is 1.28 bits per heavy atom. The van der Waals surface area contributed by atoms with Crippen LogP contribution < -0.4 is 14.8 Å². The summed E-state index contributed by atoms with van der Waals surface area (Å²) in [5, 5.41) is 8.08. The molecule has 0 saturated heterocycles. The maximum Gasteiger partial charge on any atom is 0.175 e. The summed E-state index contributed by atoms with van der Waals surface area (Å²) in [6, 6.07) is 4.11. The Kier molecular flexibility index (Phi) is 5.86. The van der Waals surface area contributed by atoms with Crippen molar-refractivity contribution in [1.29, 1.82) is 0 Å². The molecule has 7 heteroatoms. The van der Waals surface area contributed by atoms with E-state index < -0.39 is 0 Å². The van der Waals surface area contributed by atoms with Crippen LogP contribution in [0.15, 0.2) is 16.6 Å². The van der Waals surface area contributed by atoms with E-state index in [1.54, 1.807) is 7.11 Å². The molecule has 0 amide bonds. The molecular formula is C18H24BrN3O3. The van der Waals surface area contributed by atoms with Crippen LogP contribution in [0.5, 0.6) is 11.5 Å². The predicted octanol–water partition coefficient (Wildman–Crippen LogP) is 3.68. The van der Waals surface area contributed by atoms with Crippen molar-refractivity contribution in [2.24, 2.45) is 0 Å². The van der Waals surface area contributed by atoms with Gasteiger partial charge < -0.3 is 19.5 Å². The second-order valence-corrected chi connectivity index (χ2v) is 6.93. The van der Waals surface area contributed by atoms with E-state index >= 15 is 0 Å². The van der Waals surface area contributed by atoms with Gasteiger partial charge in [-0.15, -0.1) is 0 Å². The lowest BCUT2D eigenvalue weighted by atomic mass is 10.2. The molecule has 1 aromatic carbocycles. The van der Waals surface area contributed by atoms with Crippen LogP contribution in [0.4, 0.5) is 5.69 Å². The number of benzene rings is 1. The van der Waals surface area contributed by atoms with Crippen molar-refractivity contribution in [3.05, 3.63) is 33.6 Å². The molecule has 0 spiro atoms. The molecular weight excluding hydrogens is 386 g/mol. The van der Waals surface area contributed by atoms with Gasteiger partial charge in [-0.2, -0.15) is 5.10 Å². The number of halogens is 1. The van der Waals surface area contributed by atoms with Crippen molar-refractivity contribution in [2.75, 3.05) is 32.2 Å². The van der Waals surface area contributed by atoms with Crippen LogP contribution in [0.25, 0.3) is 0 Å². The van der Waals surface area contributed by atoms with Crippen molar-refractivity contribution < 1.29 is 14.2 Å². The van der Waals surface area contributed by atoms with Gasteiger partial charge in [0.1, 0.15) is 0 Å². The predicted molar refractivity (Wildman–Crippen MR) is 101 cm³/mol. The fraction of sp³-hybridized carbons (Fsp3) is 0.500. The highest BCUT2D eigenvalue weighted by molar-refractivity contribution is 9.10. The Labute approximate surface area is 156 Å². The minimum absolute atomic E-state index is 0.649. The molecule has 2 heterocycles. The molecule has 25 heavy (non-hydrogen) atoms. The van der Waals surface area contributed by atoms with E-state index in [2.05, 4.69) is 39.3 Å². The van der Waals surface area contributed by atoms with Crippen molar-refractivity contribution in [3.63, 3.8) is 0 Å². The molecule has 3 rings (SSSR count). The third-order valence-corrected chi connectivity index (χ3v) is 4.81. The third kappa shape index (κ3) is 4.10. The van der Waals surface area contributed by atoms with Crippen molar-refractivity contribution in [3.8, 4) is 11.5 Å². The average Bonchev–Trinajstić information content (AvgIpc) is 2.77. The Bertz CT molecular complexity index is 746. The van der Waals surface area contributed by atoms with Crippen molar-refractivity contribution in [1.82, 2.24) is 9.78 Å². The highest BCUT2D eigenvalue weighted by Crippen LogP contribution is 2.38. The van der Waals surface area contributed by atoms with Crippen molar-refractivity contribution in [2.45, 2.75) is 33.4 Å². The number of anilines is 1. The van der Waals surface area contributed by atoms with Gasteiger partial charge >= 0.3 is 0 Å². The molecule has 136 valence electrons. The molecule has 0 atom stereocenters. The van der Waals surface area contributed by atoms with Gasteiger partial charge in [-0.25, -0.2) is 0 Å². The molecule has 1 aliphatic heterocycles. The van der Waals surface area contributed by atoms with Crippen LogP contribution in [0.2, 0.25) is 0 Å². The van der Waals surface area contributed by atoms with Crippen LogP contribution >= 0.6 is 15.9 Å². The molecule has 0 fully saturated rings. The number of fused-ring (bicyclic) bond motifs is 1. The SMILES string of the molecule is COCCn1nc(C)c(NCc2cc(Br)c3c(c2)OCCCO3)c1C.